The smallest absolute Gasteiger partial charge is 0.133 e. The summed E-state index contributed by atoms with van der Waals surface area (Å²) in [7, 11) is 0. The van der Waals surface area contributed by atoms with Gasteiger partial charge in [-0.2, -0.15) is 0 Å². The van der Waals surface area contributed by atoms with Crippen molar-refractivity contribution in [1.82, 2.24) is 5.32 Å². The molecular weight excluding hydrogens is 238 g/mol. The Morgan fingerprint density at radius 2 is 2.41 bits per heavy atom. The fourth-order valence-electron chi connectivity index (χ4n) is 2.35. The molecular formula is C12H14ClN3O. The lowest BCUT2D eigenvalue weighted by Crippen LogP contribution is -2.26. The number of aliphatic imine (C=N–C) groups is 1. The molecule has 1 unspecified atom stereocenters. The zero-order valence-corrected chi connectivity index (χ0v) is 10.5. The number of allylic oxidation sites excluding steroid dienone is 3. The average molecular weight is 252 g/mol. The molecule has 4 nitrogen and oxygen atoms in total. The number of carbonyl (C=O) groups is 1. The predicted octanol–water partition coefficient (Wildman–Crippen LogP) is 2.22. The first kappa shape index (κ1) is 12.0. The number of halogens is 1. The Kier molecular flexibility index (Phi) is 2.91. The van der Waals surface area contributed by atoms with Gasteiger partial charge in [0.05, 0.1) is 0 Å². The topological polar surface area (TPSA) is 65.3 Å². The van der Waals surface area contributed by atoms with Gasteiger partial charge in [-0.15, -0.1) is 0 Å². The third kappa shape index (κ3) is 2.17. The Hall–Kier alpha value is -1.42. The molecule has 0 aromatic heterocycles. The third-order valence-corrected chi connectivity index (χ3v) is 3.23. The fraction of sp³-hybridized carbons (Fsp3) is 0.417. The summed E-state index contributed by atoms with van der Waals surface area (Å²) < 4.78 is 0. The highest BCUT2D eigenvalue weighted by molar-refractivity contribution is 6.67. The zero-order valence-electron chi connectivity index (χ0n) is 9.75. The minimum absolute atomic E-state index is 0.0727. The van der Waals surface area contributed by atoms with Crippen LogP contribution in [-0.4, -0.2) is 17.7 Å². The Morgan fingerprint density at radius 1 is 1.71 bits per heavy atom. The van der Waals surface area contributed by atoms with Crippen LogP contribution >= 0.6 is 11.6 Å². The van der Waals surface area contributed by atoms with Crippen LogP contribution in [0.25, 0.3) is 0 Å². The Morgan fingerprint density at radius 3 is 3.00 bits per heavy atom. The number of nitrogens with one attached hydrogen (secondary N) is 2. The van der Waals surface area contributed by atoms with Crippen LogP contribution in [0.4, 0.5) is 0 Å². The van der Waals surface area contributed by atoms with E-state index in [4.69, 9.17) is 17.0 Å². The number of carbonyl (C=O) groups excluding carboxylic acids is 1. The van der Waals surface area contributed by atoms with Crippen LogP contribution < -0.4 is 5.32 Å². The van der Waals surface area contributed by atoms with Gasteiger partial charge in [-0.05, 0) is 6.42 Å². The van der Waals surface area contributed by atoms with E-state index in [1.807, 2.05) is 0 Å². The monoisotopic (exact) mass is 251 g/mol. The van der Waals surface area contributed by atoms with E-state index in [9.17, 15) is 4.79 Å². The molecule has 0 aromatic rings. The summed E-state index contributed by atoms with van der Waals surface area (Å²) in [6.45, 7) is 4.17. The largest absolute Gasteiger partial charge is 0.343 e. The van der Waals surface area contributed by atoms with Gasteiger partial charge in [-0.1, -0.05) is 25.4 Å². The summed E-state index contributed by atoms with van der Waals surface area (Å²) in [6.07, 6.45) is 4.90. The lowest BCUT2D eigenvalue weighted by Gasteiger charge is -2.25. The molecule has 17 heavy (non-hydrogen) atoms. The molecule has 0 spiro atoms. The van der Waals surface area contributed by atoms with Crippen molar-refractivity contribution in [3.05, 3.63) is 23.2 Å². The van der Waals surface area contributed by atoms with Crippen molar-refractivity contribution in [1.29, 1.82) is 5.41 Å². The van der Waals surface area contributed by atoms with E-state index in [0.29, 0.717) is 5.82 Å². The molecule has 0 saturated heterocycles. The maximum Gasteiger partial charge on any atom is 0.133 e. The molecule has 5 heteroatoms. The second-order valence-corrected chi connectivity index (χ2v) is 5.33. The van der Waals surface area contributed by atoms with E-state index in [0.717, 1.165) is 24.0 Å². The maximum absolute atomic E-state index is 11.0. The van der Waals surface area contributed by atoms with Gasteiger partial charge in [0.15, 0.2) is 0 Å². The first-order valence-electron chi connectivity index (χ1n) is 5.41. The molecule has 0 fully saturated rings. The second-order valence-electron chi connectivity index (χ2n) is 4.92. The first-order valence-corrected chi connectivity index (χ1v) is 5.78. The van der Waals surface area contributed by atoms with Gasteiger partial charge in [-0.3, -0.25) is 5.41 Å². The number of aldehydes is 1. The zero-order chi connectivity index (χ0) is 12.6. The molecule has 2 aliphatic rings. The van der Waals surface area contributed by atoms with Crippen LogP contribution in [0.15, 0.2) is 28.2 Å². The lowest BCUT2D eigenvalue weighted by atomic mass is 9.88. The van der Waals surface area contributed by atoms with Gasteiger partial charge in [0.1, 0.15) is 17.3 Å². The minimum atomic E-state index is -0.0896. The van der Waals surface area contributed by atoms with Crippen molar-refractivity contribution in [2.45, 2.75) is 20.3 Å². The van der Waals surface area contributed by atoms with E-state index in [1.54, 1.807) is 6.21 Å². The van der Waals surface area contributed by atoms with Gasteiger partial charge >= 0.3 is 0 Å². The van der Waals surface area contributed by atoms with Gasteiger partial charge < -0.3 is 10.1 Å². The maximum atomic E-state index is 11.0. The quantitative estimate of drug-likeness (QED) is 0.584. The fourth-order valence-corrected chi connectivity index (χ4v) is 2.46. The normalized spacial score (nSPS) is 27.9. The van der Waals surface area contributed by atoms with E-state index in [1.165, 1.54) is 6.08 Å². The highest BCUT2D eigenvalue weighted by Gasteiger charge is 2.40. The first-order chi connectivity index (χ1) is 7.94. The van der Waals surface area contributed by atoms with Crippen LogP contribution in [0.1, 0.15) is 20.3 Å². The number of nitrogens with zero attached hydrogens (tertiary/aromatic N) is 1. The van der Waals surface area contributed by atoms with Gasteiger partial charge in [-0.25, -0.2) is 4.99 Å². The summed E-state index contributed by atoms with van der Waals surface area (Å²) in [5.74, 6) is 0.455. The van der Waals surface area contributed by atoms with Crippen molar-refractivity contribution in [2.75, 3.05) is 0 Å². The Labute approximate surface area is 105 Å². The van der Waals surface area contributed by atoms with Crippen LogP contribution in [0.5, 0.6) is 0 Å². The van der Waals surface area contributed by atoms with E-state index in [2.05, 4.69) is 24.2 Å². The molecule has 0 bridgehead atoms. The van der Waals surface area contributed by atoms with Gasteiger partial charge in [0.2, 0.25) is 0 Å². The highest BCUT2D eigenvalue weighted by atomic mass is 35.5. The molecule has 2 N–H and O–H groups in total. The third-order valence-electron chi connectivity index (χ3n) is 3.12. The lowest BCUT2D eigenvalue weighted by molar-refractivity contribution is -0.110. The van der Waals surface area contributed by atoms with Gasteiger partial charge in [0, 0.05) is 34.9 Å². The van der Waals surface area contributed by atoms with Crippen LogP contribution in [-0.2, 0) is 4.79 Å². The summed E-state index contributed by atoms with van der Waals surface area (Å²) in [5.41, 5.74) is 1.87. The van der Waals surface area contributed by atoms with Crippen LogP contribution in [0, 0.1) is 16.7 Å². The molecule has 1 aliphatic heterocycles. The second kappa shape index (κ2) is 4.11. The predicted molar refractivity (Wildman–Crippen MR) is 68.3 cm³/mol. The minimum Gasteiger partial charge on any atom is -0.343 e. The summed E-state index contributed by atoms with van der Waals surface area (Å²) in [5, 5.41) is 10.3. The Balaban J connectivity index is 2.36. The number of rotatable bonds is 2. The van der Waals surface area contributed by atoms with Crippen molar-refractivity contribution in [3.63, 3.8) is 0 Å². The summed E-state index contributed by atoms with van der Waals surface area (Å²) in [6, 6.07) is 0. The number of hydrogen-bond acceptors (Lipinski definition) is 4. The van der Waals surface area contributed by atoms with Crippen molar-refractivity contribution in [2.24, 2.45) is 16.3 Å². The number of hydrogen-bond donors (Lipinski definition) is 2. The standard InChI is InChI=1S/C12H14ClN3O/c1-12(2)4-7(6-17)8-5-15-10(3-9(13)14)16-11(8)12/h3,5-7,14,16H,4H2,1-2H3/b10-3-,14-9?. The molecule has 2 rings (SSSR count). The highest BCUT2D eigenvalue weighted by Crippen LogP contribution is 2.44. The SMILES string of the molecule is CC1(C)CC(C=O)C2=C1N/C(=C\C(=N)Cl)N=C2. The van der Waals surface area contributed by atoms with Crippen molar-refractivity contribution < 1.29 is 4.79 Å². The molecule has 0 radical (unpaired) electrons. The van der Waals surface area contributed by atoms with E-state index >= 15 is 0 Å². The summed E-state index contributed by atoms with van der Waals surface area (Å²) in [4.78, 5) is 15.2. The Bertz CT molecular complexity index is 474. The van der Waals surface area contributed by atoms with E-state index < -0.39 is 0 Å². The molecule has 1 aliphatic carbocycles. The average Bonchev–Trinajstić information content (AvgIpc) is 2.50. The van der Waals surface area contributed by atoms with Crippen LogP contribution in [0.2, 0.25) is 0 Å². The molecule has 90 valence electrons. The molecule has 1 heterocycles. The molecule has 0 saturated carbocycles. The molecule has 1 atom stereocenters. The summed E-state index contributed by atoms with van der Waals surface area (Å²) >= 11 is 5.50. The van der Waals surface area contributed by atoms with E-state index in [-0.39, 0.29) is 16.5 Å². The van der Waals surface area contributed by atoms with Crippen LogP contribution in [0.3, 0.4) is 0 Å². The molecule has 0 amide bonds. The van der Waals surface area contributed by atoms with Crippen molar-refractivity contribution in [3.8, 4) is 0 Å². The van der Waals surface area contributed by atoms with Crippen molar-refractivity contribution >= 4 is 29.3 Å². The molecule has 0 aromatic carbocycles. The van der Waals surface area contributed by atoms with Gasteiger partial charge in [0.25, 0.3) is 0 Å².